The van der Waals surface area contributed by atoms with Gasteiger partial charge in [0, 0.05) is 33.4 Å². The summed E-state index contributed by atoms with van der Waals surface area (Å²) in [6.45, 7) is 4.31. The van der Waals surface area contributed by atoms with Gasteiger partial charge < -0.3 is 0 Å². The van der Waals surface area contributed by atoms with E-state index in [4.69, 9.17) is 9.97 Å². The number of nitrogens with zero attached hydrogens (tertiary/aromatic N) is 4. The first-order chi connectivity index (χ1) is 23.7. The quantitative estimate of drug-likeness (QED) is 0.178. The number of imidazole rings is 2. The van der Waals surface area contributed by atoms with Crippen molar-refractivity contribution in [3.8, 4) is 67.8 Å². The molecule has 0 bridgehead atoms. The van der Waals surface area contributed by atoms with E-state index in [1.165, 1.54) is 0 Å². The summed E-state index contributed by atoms with van der Waals surface area (Å²) in [5.41, 5.74) is 12.4. The average Bonchev–Trinajstić information content (AvgIpc) is 3.73. The fourth-order valence-corrected chi connectivity index (χ4v) is 6.52. The molecule has 0 aliphatic carbocycles. The van der Waals surface area contributed by atoms with Crippen molar-refractivity contribution < 1.29 is 0 Å². The molecule has 4 heteroatoms. The second-order valence-electron chi connectivity index (χ2n) is 12.0. The Morgan fingerprint density at radius 1 is 0.333 bits per heavy atom. The second-order valence-corrected chi connectivity index (χ2v) is 12.0. The van der Waals surface area contributed by atoms with Crippen LogP contribution in [0.25, 0.3) is 67.8 Å². The summed E-state index contributed by atoms with van der Waals surface area (Å²) in [5.74, 6) is 1.68. The predicted molar refractivity (Wildman–Crippen MR) is 197 cm³/mol. The zero-order valence-corrected chi connectivity index (χ0v) is 27.0. The molecular weight excluding hydrogens is 585 g/mol. The second kappa shape index (κ2) is 12.5. The lowest BCUT2D eigenvalue weighted by molar-refractivity contribution is 0.686. The molecule has 4 nitrogen and oxygen atoms in total. The van der Waals surface area contributed by atoms with E-state index in [2.05, 4.69) is 193 Å². The molecule has 0 amide bonds. The molecule has 0 aliphatic rings. The highest BCUT2D eigenvalue weighted by Gasteiger charge is 2.30. The lowest BCUT2D eigenvalue weighted by Gasteiger charge is -2.21. The van der Waals surface area contributed by atoms with E-state index in [0.29, 0.717) is 0 Å². The minimum Gasteiger partial charge on any atom is -0.226 e. The fraction of sp³-hybridized carbons (Fsp3) is 0.0455. The van der Waals surface area contributed by atoms with E-state index in [0.717, 1.165) is 78.9 Å². The van der Waals surface area contributed by atoms with Crippen LogP contribution in [0.2, 0.25) is 0 Å². The van der Waals surface area contributed by atoms with Crippen LogP contribution < -0.4 is 0 Å². The molecule has 0 atom stereocenters. The Balaban J connectivity index is 1.62. The van der Waals surface area contributed by atoms with Gasteiger partial charge in [-0.15, -0.1) is 0 Å². The number of hydrogen-bond acceptors (Lipinski definition) is 2. The smallest absolute Gasteiger partial charge is 0.160 e. The largest absolute Gasteiger partial charge is 0.226 e. The van der Waals surface area contributed by atoms with Gasteiger partial charge in [-0.05, 0) is 25.0 Å². The third-order valence-corrected chi connectivity index (χ3v) is 8.87. The lowest BCUT2D eigenvalue weighted by Crippen LogP contribution is -2.16. The lowest BCUT2D eigenvalue weighted by atomic mass is 10.0. The Morgan fingerprint density at radius 3 is 0.958 bits per heavy atom. The van der Waals surface area contributed by atoms with Crippen molar-refractivity contribution in [1.82, 2.24) is 19.3 Å². The molecule has 8 rings (SSSR count). The summed E-state index contributed by atoms with van der Waals surface area (Å²) < 4.78 is 4.62. The molecule has 48 heavy (non-hydrogen) atoms. The first-order valence-electron chi connectivity index (χ1n) is 16.3. The Labute approximate surface area is 281 Å². The van der Waals surface area contributed by atoms with Gasteiger partial charge in [0.15, 0.2) is 11.6 Å². The van der Waals surface area contributed by atoms with Crippen molar-refractivity contribution in [3.05, 3.63) is 181 Å². The van der Waals surface area contributed by atoms with Gasteiger partial charge in [-0.2, -0.15) is 0 Å². The number of hydrogen-bond donors (Lipinski definition) is 0. The van der Waals surface area contributed by atoms with E-state index in [1.807, 2.05) is 0 Å². The molecule has 0 N–H and O–H groups in total. The maximum absolute atomic E-state index is 5.55. The van der Waals surface area contributed by atoms with Crippen molar-refractivity contribution in [3.63, 3.8) is 0 Å². The molecule has 2 aromatic heterocycles. The van der Waals surface area contributed by atoms with Gasteiger partial charge in [0.1, 0.15) is 0 Å². The van der Waals surface area contributed by atoms with Gasteiger partial charge in [0.2, 0.25) is 0 Å². The Hall–Kier alpha value is -6.26. The summed E-state index contributed by atoms with van der Waals surface area (Å²) in [6, 6.07) is 59.2. The minimum absolute atomic E-state index is 0.842. The van der Waals surface area contributed by atoms with E-state index in [-0.39, 0.29) is 0 Å². The summed E-state index contributed by atoms with van der Waals surface area (Å²) in [5, 5.41) is 0. The van der Waals surface area contributed by atoms with Crippen LogP contribution in [0.5, 0.6) is 0 Å². The van der Waals surface area contributed by atoms with Crippen molar-refractivity contribution in [2.45, 2.75) is 13.8 Å². The van der Waals surface area contributed by atoms with Crippen LogP contribution >= 0.6 is 0 Å². The van der Waals surface area contributed by atoms with Crippen molar-refractivity contribution in [1.29, 1.82) is 0 Å². The van der Waals surface area contributed by atoms with Crippen LogP contribution in [0.1, 0.15) is 11.1 Å². The predicted octanol–water partition coefficient (Wildman–Crippen LogP) is 11.0. The molecule has 0 fully saturated rings. The number of aromatic nitrogens is 4. The van der Waals surface area contributed by atoms with Gasteiger partial charge in [-0.25, -0.2) is 19.3 Å². The first-order valence-corrected chi connectivity index (χ1v) is 16.3. The van der Waals surface area contributed by atoms with Crippen LogP contribution in [-0.2, 0) is 0 Å². The average molecular weight is 619 g/mol. The molecule has 0 saturated carbocycles. The van der Waals surface area contributed by atoms with Gasteiger partial charge in [-0.3, -0.25) is 0 Å². The molecule has 2 heterocycles. The van der Waals surface area contributed by atoms with Gasteiger partial charge in [-0.1, -0.05) is 170 Å². The highest BCUT2D eigenvalue weighted by atomic mass is 15.5. The zero-order chi connectivity index (χ0) is 32.5. The van der Waals surface area contributed by atoms with Crippen LogP contribution in [-0.4, -0.2) is 19.3 Å². The van der Waals surface area contributed by atoms with E-state index >= 15 is 0 Å². The highest BCUT2D eigenvalue weighted by Crippen LogP contribution is 2.43. The monoisotopic (exact) mass is 618 g/mol. The van der Waals surface area contributed by atoms with Crippen LogP contribution in [0.4, 0.5) is 0 Å². The van der Waals surface area contributed by atoms with Crippen LogP contribution in [0.3, 0.4) is 0 Å². The van der Waals surface area contributed by atoms with Crippen LogP contribution in [0, 0.1) is 13.8 Å². The Bertz CT molecular complexity index is 2170. The summed E-state index contributed by atoms with van der Waals surface area (Å²) in [6.07, 6.45) is 0. The van der Waals surface area contributed by atoms with Crippen LogP contribution in [0.15, 0.2) is 170 Å². The maximum Gasteiger partial charge on any atom is 0.160 e. The number of benzene rings is 6. The molecule has 230 valence electrons. The highest BCUT2D eigenvalue weighted by molar-refractivity contribution is 5.86. The van der Waals surface area contributed by atoms with Crippen molar-refractivity contribution >= 4 is 0 Å². The Kier molecular flexibility index (Phi) is 7.60. The third-order valence-electron chi connectivity index (χ3n) is 8.87. The summed E-state index contributed by atoms with van der Waals surface area (Å²) >= 11 is 0. The standard InChI is InChI=1S/C44H34N4/c1-31-19-15-17-29-37(31)43-45-39(33-21-7-3-8-22-33)41(35-25-11-5-12-26-35)47(43)48-42(36-27-13-6-14-28-36)40(34-23-9-4-10-24-34)46-44(48)38-30-18-16-20-32(38)2/h3-30H,1-2H3. The SMILES string of the molecule is Cc1ccccc1-c1nc(-c2ccccc2)c(-c2ccccc2)n1-n1c(-c2ccccc2C)nc(-c2ccccc2)c1-c1ccccc1. The molecule has 0 saturated heterocycles. The fourth-order valence-electron chi connectivity index (χ4n) is 6.52. The topological polar surface area (TPSA) is 35.6 Å². The number of aryl methyl sites for hydroxylation is 2. The molecule has 0 radical (unpaired) electrons. The van der Waals surface area contributed by atoms with Gasteiger partial charge >= 0.3 is 0 Å². The summed E-state index contributed by atoms with van der Waals surface area (Å²) in [7, 11) is 0. The van der Waals surface area contributed by atoms with E-state index in [9.17, 15) is 0 Å². The Morgan fingerprint density at radius 2 is 0.625 bits per heavy atom. The summed E-state index contributed by atoms with van der Waals surface area (Å²) in [4.78, 5) is 11.1. The maximum atomic E-state index is 5.55. The van der Waals surface area contributed by atoms with E-state index in [1.54, 1.807) is 0 Å². The van der Waals surface area contributed by atoms with Crippen molar-refractivity contribution in [2.24, 2.45) is 0 Å². The van der Waals surface area contributed by atoms with Gasteiger partial charge in [0.05, 0.1) is 22.8 Å². The molecule has 0 aliphatic heterocycles. The molecule has 6 aromatic carbocycles. The molecule has 8 aromatic rings. The first kappa shape index (κ1) is 29.2. The molecular formula is C44H34N4. The zero-order valence-electron chi connectivity index (χ0n) is 27.0. The minimum atomic E-state index is 0.842. The van der Waals surface area contributed by atoms with Crippen molar-refractivity contribution in [2.75, 3.05) is 0 Å². The molecule has 0 unspecified atom stereocenters. The third kappa shape index (κ3) is 5.14. The van der Waals surface area contributed by atoms with Gasteiger partial charge in [0.25, 0.3) is 0 Å². The molecule has 0 spiro atoms. The van der Waals surface area contributed by atoms with E-state index < -0.39 is 0 Å². The normalized spacial score (nSPS) is 11.1. The number of rotatable bonds is 7.